The Kier molecular flexibility index (Phi) is 3.19. The highest BCUT2D eigenvalue weighted by Gasteiger charge is 2.13. The Balaban J connectivity index is 2.27. The molecule has 1 aromatic carbocycles. The lowest BCUT2D eigenvalue weighted by molar-refractivity contribution is 0.0995. The van der Waals surface area contributed by atoms with Gasteiger partial charge in [-0.25, -0.2) is 4.98 Å². The highest BCUT2D eigenvalue weighted by molar-refractivity contribution is 6.02. The minimum Gasteiger partial charge on any atom is -0.436 e. The number of aryl methyl sites for hydroxylation is 4. The number of nitrogens with zero attached hydrogens (tertiary/aromatic N) is 1. The van der Waals surface area contributed by atoms with E-state index in [1.165, 1.54) is 11.8 Å². The molecule has 0 spiro atoms. The van der Waals surface area contributed by atoms with Crippen LogP contribution >= 0.6 is 0 Å². The number of anilines is 1. The molecule has 1 heterocycles. The van der Waals surface area contributed by atoms with Gasteiger partial charge in [-0.3, -0.25) is 4.79 Å². The van der Waals surface area contributed by atoms with E-state index in [0.29, 0.717) is 5.89 Å². The third kappa shape index (κ3) is 2.42. The SMILES string of the molecule is Cc1cc(C)c(NC(=O)c2cnc(C)o2)c(C)c1. The van der Waals surface area contributed by atoms with Crippen LogP contribution in [0.1, 0.15) is 33.1 Å². The molecule has 0 fully saturated rings. The van der Waals surface area contributed by atoms with Crippen molar-refractivity contribution in [1.82, 2.24) is 4.98 Å². The number of carbonyl (C=O) groups excluding carboxylic acids is 1. The fourth-order valence-electron chi connectivity index (χ4n) is 2.02. The van der Waals surface area contributed by atoms with Gasteiger partial charge in [0.05, 0.1) is 6.20 Å². The quantitative estimate of drug-likeness (QED) is 0.882. The Morgan fingerprint density at radius 3 is 2.28 bits per heavy atom. The van der Waals surface area contributed by atoms with Crippen LogP contribution in [0.3, 0.4) is 0 Å². The first-order valence-electron chi connectivity index (χ1n) is 5.79. The van der Waals surface area contributed by atoms with E-state index in [-0.39, 0.29) is 11.7 Å². The summed E-state index contributed by atoms with van der Waals surface area (Å²) in [7, 11) is 0. The molecule has 4 heteroatoms. The zero-order valence-electron chi connectivity index (χ0n) is 11.0. The van der Waals surface area contributed by atoms with Crippen LogP contribution in [0, 0.1) is 27.7 Å². The molecule has 0 saturated carbocycles. The van der Waals surface area contributed by atoms with Crippen LogP contribution in [-0.4, -0.2) is 10.9 Å². The molecule has 0 unspecified atom stereocenters. The average Bonchev–Trinajstić information content (AvgIpc) is 2.70. The van der Waals surface area contributed by atoms with Gasteiger partial charge in [0.2, 0.25) is 5.76 Å². The Hall–Kier alpha value is -2.10. The second-order valence-corrected chi connectivity index (χ2v) is 4.47. The lowest BCUT2D eigenvalue weighted by Gasteiger charge is -2.11. The largest absolute Gasteiger partial charge is 0.436 e. The first-order valence-corrected chi connectivity index (χ1v) is 5.79. The van der Waals surface area contributed by atoms with E-state index in [9.17, 15) is 4.79 Å². The van der Waals surface area contributed by atoms with E-state index in [1.54, 1.807) is 6.92 Å². The maximum absolute atomic E-state index is 12.0. The molecule has 18 heavy (non-hydrogen) atoms. The van der Waals surface area contributed by atoms with Gasteiger partial charge in [0, 0.05) is 12.6 Å². The van der Waals surface area contributed by atoms with Gasteiger partial charge in [0.1, 0.15) is 0 Å². The van der Waals surface area contributed by atoms with Crippen molar-refractivity contribution in [3.05, 3.63) is 46.7 Å². The number of benzene rings is 1. The summed E-state index contributed by atoms with van der Waals surface area (Å²) in [6.07, 6.45) is 1.43. The number of aromatic nitrogens is 1. The number of carbonyl (C=O) groups is 1. The summed E-state index contributed by atoms with van der Waals surface area (Å²) in [5, 5.41) is 2.86. The molecule has 0 aliphatic carbocycles. The number of hydrogen-bond acceptors (Lipinski definition) is 3. The molecule has 0 saturated heterocycles. The topological polar surface area (TPSA) is 55.1 Å². The fraction of sp³-hybridized carbons (Fsp3) is 0.286. The monoisotopic (exact) mass is 244 g/mol. The van der Waals surface area contributed by atoms with Crippen molar-refractivity contribution in [2.24, 2.45) is 0 Å². The third-order valence-electron chi connectivity index (χ3n) is 2.76. The molecule has 1 amide bonds. The van der Waals surface area contributed by atoms with Crippen molar-refractivity contribution in [1.29, 1.82) is 0 Å². The molecule has 2 rings (SSSR count). The highest BCUT2D eigenvalue weighted by Crippen LogP contribution is 2.22. The van der Waals surface area contributed by atoms with Crippen molar-refractivity contribution in [2.75, 3.05) is 5.32 Å². The molecule has 4 nitrogen and oxygen atoms in total. The van der Waals surface area contributed by atoms with Crippen LogP contribution < -0.4 is 5.32 Å². The van der Waals surface area contributed by atoms with E-state index in [1.807, 2.05) is 32.9 Å². The normalized spacial score (nSPS) is 10.4. The molecule has 0 bridgehead atoms. The van der Waals surface area contributed by atoms with Gasteiger partial charge in [-0.2, -0.15) is 0 Å². The van der Waals surface area contributed by atoms with Crippen LogP contribution in [-0.2, 0) is 0 Å². The van der Waals surface area contributed by atoms with Crippen LogP contribution in [0.5, 0.6) is 0 Å². The molecule has 1 aromatic heterocycles. The first kappa shape index (κ1) is 12.4. The van der Waals surface area contributed by atoms with Crippen LogP contribution in [0.15, 0.2) is 22.7 Å². The Bertz CT molecular complexity index is 577. The van der Waals surface area contributed by atoms with Gasteiger partial charge < -0.3 is 9.73 Å². The number of rotatable bonds is 2. The Labute approximate surface area is 106 Å². The number of hydrogen-bond donors (Lipinski definition) is 1. The summed E-state index contributed by atoms with van der Waals surface area (Å²) in [6, 6.07) is 4.07. The fourth-order valence-corrected chi connectivity index (χ4v) is 2.02. The van der Waals surface area contributed by atoms with E-state index >= 15 is 0 Å². The van der Waals surface area contributed by atoms with Gasteiger partial charge in [-0.05, 0) is 31.9 Å². The van der Waals surface area contributed by atoms with Gasteiger partial charge in [-0.1, -0.05) is 17.7 Å². The second-order valence-electron chi connectivity index (χ2n) is 4.47. The highest BCUT2D eigenvalue weighted by atomic mass is 16.4. The van der Waals surface area contributed by atoms with Crippen molar-refractivity contribution in [3.63, 3.8) is 0 Å². The summed E-state index contributed by atoms with van der Waals surface area (Å²) in [6.45, 7) is 7.69. The number of oxazole rings is 1. The summed E-state index contributed by atoms with van der Waals surface area (Å²) < 4.78 is 5.20. The Morgan fingerprint density at radius 2 is 1.78 bits per heavy atom. The zero-order chi connectivity index (χ0) is 13.3. The zero-order valence-corrected chi connectivity index (χ0v) is 11.0. The molecule has 94 valence electrons. The maximum atomic E-state index is 12.0. The van der Waals surface area contributed by atoms with Crippen LogP contribution in [0.25, 0.3) is 0 Å². The van der Waals surface area contributed by atoms with E-state index in [4.69, 9.17) is 4.42 Å². The average molecular weight is 244 g/mol. The standard InChI is InChI=1S/C14H16N2O2/c1-8-5-9(2)13(10(3)6-8)16-14(17)12-7-15-11(4)18-12/h5-7H,1-4H3,(H,16,17). The van der Waals surface area contributed by atoms with E-state index in [2.05, 4.69) is 10.3 Å². The van der Waals surface area contributed by atoms with Crippen molar-refractivity contribution >= 4 is 11.6 Å². The molecular formula is C14H16N2O2. The summed E-state index contributed by atoms with van der Waals surface area (Å²) in [4.78, 5) is 15.9. The summed E-state index contributed by atoms with van der Waals surface area (Å²) in [5.74, 6) is 0.440. The molecule has 0 radical (unpaired) electrons. The van der Waals surface area contributed by atoms with E-state index in [0.717, 1.165) is 16.8 Å². The molecule has 0 aliphatic heterocycles. The van der Waals surface area contributed by atoms with Gasteiger partial charge in [-0.15, -0.1) is 0 Å². The number of nitrogens with one attached hydrogen (secondary N) is 1. The van der Waals surface area contributed by atoms with Crippen LogP contribution in [0.4, 0.5) is 5.69 Å². The predicted molar refractivity (Wildman–Crippen MR) is 69.8 cm³/mol. The van der Waals surface area contributed by atoms with Gasteiger partial charge >= 0.3 is 0 Å². The third-order valence-corrected chi connectivity index (χ3v) is 2.76. The Morgan fingerprint density at radius 1 is 1.17 bits per heavy atom. The molecule has 1 N–H and O–H groups in total. The minimum atomic E-state index is -0.273. The van der Waals surface area contributed by atoms with Crippen molar-refractivity contribution < 1.29 is 9.21 Å². The molecule has 0 atom stereocenters. The predicted octanol–water partition coefficient (Wildman–Crippen LogP) is 3.16. The lowest BCUT2D eigenvalue weighted by atomic mass is 10.1. The van der Waals surface area contributed by atoms with Crippen LogP contribution in [0.2, 0.25) is 0 Å². The summed E-state index contributed by atoms with van der Waals surface area (Å²) >= 11 is 0. The number of amides is 1. The molecule has 2 aromatic rings. The molecular weight excluding hydrogens is 228 g/mol. The first-order chi connectivity index (χ1) is 8.47. The molecule has 0 aliphatic rings. The lowest BCUT2D eigenvalue weighted by Crippen LogP contribution is -2.13. The minimum absolute atomic E-state index is 0.229. The van der Waals surface area contributed by atoms with E-state index < -0.39 is 0 Å². The smallest absolute Gasteiger partial charge is 0.293 e. The van der Waals surface area contributed by atoms with Gasteiger partial charge in [0.15, 0.2) is 5.89 Å². The van der Waals surface area contributed by atoms with Crippen molar-refractivity contribution in [3.8, 4) is 0 Å². The van der Waals surface area contributed by atoms with Gasteiger partial charge in [0.25, 0.3) is 5.91 Å². The second kappa shape index (κ2) is 4.64. The maximum Gasteiger partial charge on any atom is 0.293 e. The summed E-state index contributed by atoms with van der Waals surface area (Å²) in [5.41, 5.74) is 4.09. The van der Waals surface area contributed by atoms with Crippen molar-refractivity contribution in [2.45, 2.75) is 27.7 Å².